The Kier molecular flexibility index (Phi) is 6.54. The van der Waals surface area contributed by atoms with Crippen LogP contribution in [0.3, 0.4) is 0 Å². The molecule has 0 heterocycles. The molecule has 11 heteroatoms. The minimum Gasteiger partial charge on any atom is -0.743 e. The zero-order valence-electron chi connectivity index (χ0n) is 17.3. The molecule has 6 nitrogen and oxygen atoms in total. The van der Waals surface area contributed by atoms with Crippen molar-refractivity contribution in [1.82, 2.24) is 0 Å². The molecule has 0 unspecified atom stereocenters. The molecule has 0 aromatic heterocycles. The number of carbonyl (C=O) groups is 1. The fourth-order valence-corrected chi connectivity index (χ4v) is 6.01. The molecule has 4 bridgehead atoms. The highest BCUT2D eigenvalue weighted by molar-refractivity contribution is 7.86. The van der Waals surface area contributed by atoms with Gasteiger partial charge in [0, 0.05) is 13.0 Å². The van der Waals surface area contributed by atoms with E-state index in [1.54, 1.807) is 0 Å². The monoisotopic (exact) mass is 471 g/mol. The van der Waals surface area contributed by atoms with Gasteiger partial charge < -0.3 is 14.0 Å². The molecule has 4 saturated carbocycles. The summed E-state index contributed by atoms with van der Waals surface area (Å²) in [5, 5.41) is -5.71. The van der Waals surface area contributed by atoms with E-state index in [0.717, 1.165) is 25.7 Å². The van der Waals surface area contributed by atoms with Gasteiger partial charge in [0.25, 0.3) is 0 Å². The van der Waals surface area contributed by atoms with Gasteiger partial charge in [0.2, 0.25) is 0 Å². The molecule has 4 aliphatic carbocycles. The molecule has 0 amide bonds. The van der Waals surface area contributed by atoms with Gasteiger partial charge in [-0.3, -0.25) is 0 Å². The van der Waals surface area contributed by atoms with Crippen molar-refractivity contribution < 1.29 is 44.8 Å². The van der Waals surface area contributed by atoms with Crippen molar-refractivity contribution in [3.05, 3.63) is 12.2 Å². The zero-order chi connectivity index (χ0) is 23.2. The van der Waals surface area contributed by atoms with Gasteiger partial charge in [0.15, 0.2) is 10.1 Å². The van der Waals surface area contributed by atoms with Crippen molar-refractivity contribution in [2.24, 2.45) is 23.7 Å². The van der Waals surface area contributed by atoms with Gasteiger partial charge in [0.05, 0.1) is 12.2 Å². The number of rotatable bonds is 10. The number of halogens is 4. The Balaban J connectivity index is 1.43. The van der Waals surface area contributed by atoms with Gasteiger partial charge >= 0.3 is 17.1 Å². The highest BCUT2D eigenvalue weighted by Gasteiger charge is 2.61. The molecule has 4 aliphatic rings. The summed E-state index contributed by atoms with van der Waals surface area (Å²) in [4.78, 5) is 12.5. The Bertz CT molecular complexity index is 798. The molecule has 0 radical (unpaired) electrons. The Morgan fingerprint density at radius 3 is 2.10 bits per heavy atom. The van der Waals surface area contributed by atoms with Crippen molar-refractivity contribution in [2.75, 3.05) is 13.2 Å². The number of ether oxygens (including phenoxy) is 2. The van der Waals surface area contributed by atoms with Crippen LogP contribution in [0, 0.1) is 23.7 Å². The Labute approximate surface area is 179 Å². The minimum atomic E-state index is -6.50. The molecule has 0 aliphatic heterocycles. The van der Waals surface area contributed by atoms with Crippen LogP contribution in [0.4, 0.5) is 17.6 Å². The van der Waals surface area contributed by atoms with Crippen LogP contribution in [0.25, 0.3) is 0 Å². The molecule has 0 spiro atoms. The quantitative estimate of drug-likeness (QED) is 0.158. The first-order valence-electron chi connectivity index (χ1n) is 10.4. The van der Waals surface area contributed by atoms with Crippen molar-refractivity contribution in [2.45, 2.75) is 68.6 Å². The molecular weight excluding hydrogens is 444 g/mol. The zero-order valence-corrected chi connectivity index (χ0v) is 18.1. The van der Waals surface area contributed by atoms with E-state index in [1.165, 1.54) is 6.42 Å². The average molecular weight is 471 g/mol. The van der Waals surface area contributed by atoms with E-state index < -0.39 is 52.3 Å². The number of hydrogen-bond acceptors (Lipinski definition) is 6. The third kappa shape index (κ3) is 4.64. The summed E-state index contributed by atoms with van der Waals surface area (Å²) in [6, 6.07) is 0. The van der Waals surface area contributed by atoms with Crippen LogP contribution in [0.1, 0.15) is 51.9 Å². The van der Waals surface area contributed by atoms with Crippen molar-refractivity contribution in [3.8, 4) is 0 Å². The molecule has 0 atom stereocenters. The van der Waals surface area contributed by atoms with Crippen LogP contribution >= 0.6 is 0 Å². The second-order valence-electron chi connectivity index (χ2n) is 9.31. The maximum Gasteiger partial charge on any atom is 0.396 e. The SMILES string of the molecule is C=C(COCCCC(F)(F)C(F)(F)S(=O)(=O)[O-])C(=O)OC1(C)C2CC3CC(C2)CC1C3. The van der Waals surface area contributed by atoms with Crippen LogP contribution < -0.4 is 0 Å². The van der Waals surface area contributed by atoms with Crippen molar-refractivity contribution >= 4 is 16.1 Å². The predicted octanol–water partition coefficient (Wildman–Crippen LogP) is 3.87. The standard InChI is InChI=1S/C20H28F4O6S/c1-12(11-29-5-3-4-19(21,22)20(23,24)31(26,27)28)17(25)30-18(2)15-7-13-6-14(9-15)10-16(18)8-13/h13-16H,1,3-11H2,2H3,(H,26,27,28)/p-1. The summed E-state index contributed by atoms with van der Waals surface area (Å²) in [5.74, 6) is -3.65. The van der Waals surface area contributed by atoms with Crippen molar-refractivity contribution in [1.29, 1.82) is 0 Å². The van der Waals surface area contributed by atoms with Crippen LogP contribution in [0.15, 0.2) is 12.2 Å². The van der Waals surface area contributed by atoms with Gasteiger partial charge in [-0.2, -0.15) is 17.6 Å². The fraction of sp³-hybridized carbons (Fsp3) is 0.850. The van der Waals surface area contributed by atoms with Gasteiger partial charge in [-0.25, -0.2) is 13.2 Å². The predicted molar refractivity (Wildman–Crippen MR) is 100 cm³/mol. The molecule has 0 N–H and O–H groups in total. The number of alkyl halides is 4. The van der Waals surface area contributed by atoms with E-state index in [1.807, 2.05) is 6.92 Å². The maximum atomic E-state index is 13.4. The molecule has 178 valence electrons. The molecular formula is C20H27F4O6S-. The second-order valence-corrected chi connectivity index (χ2v) is 10.7. The normalized spacial score (nSPS) is 32.8. The van der Waals surface area contributed by atoms with Gasteiger partial charge in [0.1, 0.15) is 5.60 Å². The third-order valence-corrected chi connectivity index (χ3v) is 8.08. The molecule has 4 rings (SSSR count). The lowest BCUT2D eigenvalue weighted by atomic mass is 9.50. The lowest BCUT2D eigenvalue weighted by Gasteiger charge is -2.59. The summed E-state index contributed by atoms with van der Waals surface area (Å²) < 4.78 is 94.8. The van der Waals surface area contributed by atoms with Crippen LogP contribution in [-0.2, 0) is 24.4 Å². The third-order valence-electron chi connectivity index (χ3n) is 7.16. The molecule has 0 aromatic rings. The lowest BCUT2D eigenvalue weighted by molar-refractivity contribution is -0.200. The van der Waals surface area contributed by atoms with E-state index in [-0.39, 0.29) is 12.2 Å². The second kappa shape index (κ2) is 8.30. The Morgan fingerprint density at radius 1 is 1.10 bits per heavy atom. The first-order chi connectivity index (χ1) is 14.2. The van der Waals surface area contributed by atoms with E-state index in [9.17, 15) is 35.3 Å². The smallest absolute Gasteiger partial charge is 0.396 e. The summed E-state index contributed by atoms with van der Waals surface area (Å²) in [7, 11) is -6.50. The number of esters is 1. The topological polar surface area (TPSA) is 92.7 Å². The molecule has 31 heavy (non-hydrogen) atoms. The van der Waals surface area contributed by atoms with Gasteiger partial charge in [-0.15, -0.1) is 0 Å². The average Bonchev–Trinajstić information content (AvgIpc) is 2.64. The fourth-order valence-electron chi connectivity index (χ4n) is 5.54. The molecule has 4 fully saturated rings. The molecule has 0 aromatic carbocycles. The largest absolute Gasteiger partial charge is 0.743 e. The molecule has 0 saturated heterocycles. The van der Waals surface area contributed by atoms with Crippen LogP contribution in [0.5, 0.6) is 0 Å². The first kappa shape index (κ1) is 24.4. The maximum absolute atomic E-state index is 13.4. The highest BCUT2D eigenvalue weighted by Crippen LogP contribution is 2.59. The number of hydrogen-bond donors (Lipinski definition) is 0. The van der Waals surface area contributed by atoms with Crippen LogP contribution in [0.2, 0.25) is 0 Å². The van der Waals surface area contributed by atoms with Gasteiger partial charge in [-0.05, 0) is 69.1 Å². The van der Waals surface area contributed by atoms with E-state index in [2.05, 4.69) is 6.58 Å². The summed E-state index contributed by atoms with van der Waals surface area (Å²) in [6.07, 6.45) is 3.20. The summed E-state index contributed by atoms with van der Waals surface area (Å²) in [6.45, 7) is 4.76. The lowest BCUT2D eigenvalue weighted by Crippen LogP contribution is -2.58. The highest BCUT2D eigenvalue weighted by atomic mass is 32.2. The minimum absolute atomic E-state index is 0.0192. The van der Waals surface area contributed by atoms with Gasteiger partial charge in [-0.1, -0.05) is 6.58 Å². The van der Waals surface area contributed by atoms with E-state index in [4.69, 9.17) is 9.47 Å². The Hall–Kier alpha value is -1.20. The Morgan fingerprint density at radius 2 is 1.61 bits per heavy atom. The summed E-state index contributed by atoms with van der Waals surface area (Å²) >= 11 is 0. The number of carbonyl (C=O) groups excluding carboxylic acids is 1. The first-order valence-corrected chi connectivity index (χ1v) is 11.8. The van der Waals surface area contributed by atoms with E-state index >= 15 is 0 Å². The van der Waals surface area contributed by atoms with Crippen molar-refractivity contribution in [3.63, 3.8) is 0 Å². The van der Waals surface area contributed by atoms with Crippen LogP contribution in [-0.4, -0.2) is 48.9 Å². The van der Waals surface area contributed by atoms with E-state index in [0.29, 0.717) is 23.7 Å². The summed E-state index contributed by atoms with van der Waals surface area (Å²) in [5.41, 5.74) is -0.584.